The number of hydrogen-bond donors (Lipinski definition) is 0. The van der Waals surface area contributed by atoms with Crippen LogP contribution in [0.1, 0.15) is 46.0 Å². The van der Waals surface area contributed by atoms with Crippen molar-refractivity contribution in [1.82, 2.24) is 4.90 Å². The van der Waals surface area contributed by atoms with E-state index in [1.54, 1.807) is 0 Å². The number of nitrogens with zero attached hydrogens (tertiary/aromatic N) is 1. The molecular weight excluding hydrogens is 234 g/mol. The third-order valence-corrected chi connectivity index (χ3v) is 3.85. The van der Waals surface area contributed by atoms with E-state index in [1.165, 1.54) is 11.8 Å². The second-order valence-electron chi connectivity index (χ2n) is 5.23. The molecule has 2 amide bonds. The highest BCUT2D eigenvalue weighted by Gasteiger charge is 2.45. The minimum Gasteiger partial charge on any atom is -0.452 e. The van der Waals surface area contributed by atoms with Gasteiger partial charge in [-0.2, -0.15) is 0 Å². The monoisotopic (exact) mass is 253 g/mol. The molecule has 0 aromatic heterocycles. The molecule has 0 unspecified atom stereocenters. The third kappa shape index (κ3) is 2.40. The van der Waals surface area contributed by atoms with Crippen molar-refractivity contribution < 1.29 is 19.1 Å². The van der Waals surface area contributed by atoms with Crippen LogP contribution in [0.4, 0.5) is 0 Å². The fourth-order valence-electron chi connectivity index (χ4n) is 2.94. The van der Waals surface area contributed by atoms with Gasteiger partial charge < -0.3 is 4.74 Å². The number of esters is 1. The molecule has 3 atom stereocenters. The molecule has 1 heterocycles. The predicted molar refractivity (Wildman–Crippen MR) is 63.4 cm³/mol. The molecule has 1 aliphatic carbocycles. The fraction of sp³-hybridized carbons (Fsp3) is 0.769. The lowest BCUT2D eigenvalue weighted by Crippen LogP contribution is -2.46. The van der Waals surface area contributed by atoms with Crippen molar-refractivity contribution >= 4 is 17.8 Å². The molecule has 100 valence electrons. The Hall–Kier alpha value is -1.39. The fourth-order valence-corrected chi connectivity index (χ4v) is 2.94. The molecule has 1 saturated heterocycles. The number of ether oxygens (including phenoxy) is 1. The maximum Gasteiger partial charge on any atom is 0.303 e. The van der Waals surface area contributed by atoms with Crippen molar-refractivity contribution in [1.29, 1.82) is 0 Å². The molecule has 0 aromatic carbocycles. The Balaban J connectivity index is 2.10. The quantitative estimate of drug-likeness (QED) is 0.549. The van der Waals surface area contributed by atoms with E-state index in [4.69, 9.17) is 4.74 Å². The van der Waals surface area contributed by atoms with E-state index in [1.807, 2.05) is 0 Å². The van der Waals surface area contributed by atoms with Gasteiger partial charge in [-0.1, -0.05) is 19.8 Å². The molecule has 2 aliphatic rings. The number of amides is 2. The summed E-state index contributed by atoms with van der Waals surface area (Å²) in [5.74, 6) is -0.721. The SMILES string of the molecule is CC(=O)O[C@@H]1CC(=O)N([C@H]2CCCC[C@H]2C)C1=O. The molecule has 5 heteroatoms. The molecule has 0 N–H and O–H groups in total. The van der Waals surface area contributed by atoms with Gasteiger partial charge >= 0.3 is 5.97 Å². The summed E-state index contributed by atoms with van der Waals surface area (Å²) >= 11 is 0. The number of hydrogen-bond acceptors (Lipinski definition) is 4. The summed E-state index contributed by atoms with van der Waals surface area (Å²) in [6, 6.07) is -0.0145. The van der Waals surface area contributed by atoms with E-state index in [2.05, 4.69) is 6.92 Å². The summed E-state index contributed by atoms with van der Waals surface area (Å²) in [7, 11) is 0. The maximum absolute atomic E-state index is 12.1. The summed E-state index contributed by atoms with van der Waals surface area (Å²) in [6.45, 7) is 3.33. The molecule has 2 fully saturated rings. The van der Waals surface area contributed by atoms with Gasteiger partial charge in [0.1, 0.15) is 0 Å². The molecule has 0 bridgehead atoms. The molecule has 2 rings (SSSR count). The lowest BCUT2D eigenvalue weighted by molar-refractivity contribution is -0.156. The highest BCUT2D eigenvalue weighted by molar-refractivity contribution is 6.06. The zero-order chi connectivity index (χ0) is 13.3. The number of rotatable bonds is 2. The summed E-state index contributed by atoms with van der Waals surface area (Å²) in [4.78, 5) is 36.3. The van der Waals surface area contributed by atoms with Gasteiger partial charge in [0.2, 0.25) is 5.91 Å². The van der Waals surface area contributed by atoms with Crippen LogP contribution >= 0.6 is 0 Å². The average Bonchev–Trinajstić information content (AvgIpc) is 2.55. The zero-order valence-corrected chi connectivity index (χ0v) is 10.8. The van der Waals surface area contributed by atoms with Gasteiger partial charge in [0.05, 0.1) is 6.42 Å². The Morgan fingerprint density at radius 3 is 2.56 bits per heavy atom. The minimum atomic E-state index is -0.899. The van der Waals surface area contributed by atoms with E-state index in [-0.39, 0.29) is 24.3 Å². The van der Waals surface area contributed by atoms with Crippen molar-refractivity contribution in [2.24, 2.45) is 5.92 Å². The van der Waals surface area contributed by atoms with Gasteiger partial charge in [-0.15, -0.1) is 0 Å². The number of imide groups is 1. The molecular formula is C13H19NO4. The van der Waals surface area contributed by atoms with Crippen molar-refractivity contribution in [2.45, 2.75) is 58.1 Å². The minimum absolute atomic E-state index is 0.00162. The first-order chi connectivity index (χ1) is 8.50. The van der Waals surface area contributed by atoms with Crippen LogP contribution in [0.25, 0.3) is 0 Å². The molecule has 1 aliphatic heterocycles. The van der Waals surface area contributed by atoms with E-state index >= 15 is 0 Å². The average molecular weight is 253 g/mol. The second kappa shape index (κ2) is 5.08. The largest absolute Gasteiger partial charge is 0.452 e. The van der Waals surface area contributed by atoms with Gasteiger partial charge in [0.25, 0.3) is 5.91 Å². The van der Waals surface area contributed by atoms with Crippen LogP contribution in [-0.4, -0.2) is 34.8 Å². The highest BCUT2D eigenvalue weighted by Crippen LogP contribution is 2.32. The van der Waals surface area contributed by atoms with Gasteiger partial charge in [-0.25, -0.2) is 0 Å². The summed E-state index contributed by atoms with van der Waals surface area (Å²) in [6.07, 6.45) is 3.21. The maximum atomic E-state index is 12.1. The highest BCUT2D eigenvalue weighted by atomic mass is 16.5. The molecule has 0 radical (unpaired) electrons. The van der Waals surface area contributed by atoms with Crippen molar-refractivity contribution in [3.05, 3.63) is 0 Å². The zero-order valence-electron chi connectivity index (χ0n) is 10.8. The van der Waals surface area contributed by atoms with Crippen LogP contribution < -0.4 is 0 Å². The Bertz CT molecular complexity index is 379. The Morgan fingerprint density at radius 1 is 1.28 bits per heavy atom. The lowest BCUT2D eigenvalue weighted by Gasteiger charge is -2.34. The topological polar surface area (TPSA) is 63.7 Å². The van der Waals surface area contributed by atoms with E-state index in [0.29, 0.717) is 5.92 Å². The molecule has 18 heavy (non-hydrogen) atoms. The first-order valence-electron chi connectivity index (χ1n) is 6.54. The van der Waals surface area contributed by atoms with Crippen LogP contribution in [0.5, 0.6) is 0 Å². The van der Waals surface area contributed by atoms with Crippen LogP contribution in [0.15, 0.2) is 0 Å². The first kappa shape index (κ1) is 13.1. The standard InChI is InChI=1S/C13H19NO4/c1-8-5-3-4-6-10(8)14-12(16)7-11(13(14)17)18-9(2)15/h8,10-11H,3-7H2,1-2H3/t8-,10+,11-/m1/s1. The Morgan fingerprint density at radius 2 is 1.94 bits per heavy atom. The number of carbonyl (C=O) groups excluding carboxylic acids is 3. The summed E-state index contributed by atoms with van der Waals surface area (Å²) in [5.41, 5.74) is 0. The van der Waals surface area contributed by atoms with Gasteiger partial charge in [0.15, 0.2) is 6.10 Å². The smallest absolute Gasteiger partial charge is 0.303 e. The van der Waals surface area contributed by atoms with Crippen LogP contribution in [0, 0.1) is 5.92 Å². The van der Waals surface area contributed by atoms with Gasteiger partial charge in [-0.3, -0.25) is 19.3 Å². The lowest BCUT2D eigenvalue weighted by atomic mass is 9.85. The van der Waals surface area contributed by atoms with Crippen molar-refractivity contribution in [3.63, 3.8) is 0 Å². The predicted octanol–water partition coefficient (Wildman–Crippen LogP) is 1.26. The van der Waals surface area contributed by atoms with Crippen molar-refractivity contribution in [3.8, 4) is 0 Å². The summed E-state index contributed by atoms with van der Waals surface area (Å²) in [5, 5.41) is 0. The normalized spacial score (nSPS) is 32.8. The third-order valence-electron chi connectivity index (χ3n) is 3.85. The van der Waals surface area contributed by atoms with Gasteiger partial charge in [-0.05, 0) is 18.8 Å². The van der Waals surface area contributed by atoms with Crippen LogP contribution in [0.2, 0.25) is 0 Å². The van der Waals surface area contributed by atoms with Crippen molar-refractivity contribution in [2.75, 3.05) is 0 Å². The number of carbonyl (C=O) groups is 3. The van der Waals surface area contributed by atoms with E-state index in [0.717, 1.165) is 25.7 Å². The molecule has 0 spiro atoms. The molecule has 1 saturated carbocycles. The Kier molecular flexibility index (Phi) is 3.68. The summed E-state index contributed by atoms with van der Waals surface area (Å²) < 4.78 is 4.90. The molecule has 0 aromatic rings. The van der Waals surface area contributed by atoms with Gasteiger partial charge in [0, 0.05) is 13.0 Å². The number of likely N-dealkylation sites (tertiary alicyclic amines) is 1. The first-order valence-corrected chi connectivity index (χ1v) is 6.54. The van der Waals surface area contributed by atoms with Crippen LogP contribution in [-0.2, 0) is 19.1 Å². The molecule has 5 nitrogen and oxygen atoms in total. The van der Waals surface area contributed by atoms with Crippen LogP contribution in [0.3, 0.4) is 0 Å². The van der Waals surface area contributed by atoms with E-state index in [9.17, 15) is 14.4 Å². The Labute approximate surface area is 106 Å². The second-order valence-corrected chi connectivity index (χ2v) is 5.23. The van der Waals surface area contributed by atoms with E-state index < -0.39 is 12.1 Å².